The van der Waals surface area contributed by atoms with Crippen LogP contribution in [0.2, 0.25) is 0 Å². The van der Waals surface area contributed by atoms with Gasteiger partial charge in [0.25, 0.3) is 15.9 Å². The van der Waals surface area contributed by atoms with E-state index >= 15 is 0 Å². The van der Waals surface area contributed by atoms with Gasteiger partial charge in [-0.2, -0.15) is 0 Å². The van der Waals surface area contributed by atoms with Gasteiger partial charge < -0.3 is 10.1 Å². The maximum atomic E-state index is 13.7. The summed E-state index contributed by atoms with van der Waals surface area (Å²) in [5, 5.41) is 3.02. The van der Waals surface area contributed by atoms with E-state index in [9.17, 15) is 13.2 Å². The molecular weight excluding hydrogens is 448 g/mol. The van der Waals surface area contributed by atoms with Crippen LogP contribution in [0.1, 0.15) is 64.0 Å². The van der Waals surface area contributed by atoms with Crippen molar-refractivity contribution in [2.75, 3.05) is 17.4 Å². The molecule has 2 aromatic carbocycles. The molecule has 184 valence electrons. The van der Waals surface area contributed by atoms with Gasteiger partial charge in [-0.25, -0.2) is 8.42 Å². The smallest absolute Gasteiger partial charge is 0.264 e. The number of fused-ring (bicyclic) bond motifs is 1. The highest BCUT2D eigenvalue weighted by Crippen LogP contribution is 2.40. The highest BCUT2D eigenvalue weighted by Gasteiger charge is 2.38. The van der Waals surface area contributed by atoms with Gasteiger partial charge in [0.15, 0.2) is 6.10 Å². The van der Waals surface area contributed by atoms with Crippen LogP contribution in [0, 0.1) is 12.8 Å². The van der Waals surface area contributed by atoms with Crippen LogP contribution < -0.4 is 14.4 Å². The zero-order valence-corrected chi connectivity index (χ0v) is 21.5. The molecule has 0 saturated heterocycles. The number of anilines is 1. The molecule has 2 aromatic rings. The third kappa shape index (κ3) is 5.24. The number of rotatable bonds is 5. The van der Waals surface area contributed by atoms with Gasteiger partial charge in [-0.1, -0.05) is 63.8 Å². The molecule has 7 heteroatoms. The molecule has 2 aliphatic rings. The number of hydrogen-bond acceptors (Lipinski definition) is 4. The number of carbonyl (C=O) groups excluding carboxylic acids is 1. The van der Waals surface area contributed by atoms with Gasteiger partial charge >= 0.3 is 0 Å². The number of carbonyl (C=O) groups is 1. The minimum atomic E-state index is -3.88. The molecule has 1 N–H and O–H groups in total. The summed E-state index contributed by atoms with van der Waals surface area (Å²) in [6.07, 6.45) is 5.00. The molecule has 1 aliphatic carbocycles. The van der Waals surface area contributed by atoms with E-state index in [1.54, 1.807) is 30.3 Å². The first-order chi connectivity index (χ1) is 16.1. The molecule has 4 rings (SSSR count). The number of amides is 1. The van der Waals surface area contributed by atoms with E-state index in [0.29, 0.717) is 23.9 Å². The Hall–Kier alpha value is -2.54. The van der Waals surface area contributed by atoms with E-state index in [4.69, 9.17) is 4.74 Å². The third-order valence-electron chi connectivity index (χ3n) is 6.89. The molecule has 0 unspecified atom stereocenters. The molecule has 34 heavy (non-hydrogen) atoms. The fourth-order valence-corrected chi connectivity index (χ4v) is 6.14. The van der Waals surface area contributed by atoms with Crippen LogP contribution in [0.15, 0.2) is 47.4 Å². The Kier molecular flexibility index (Phi) is 6.94. The number of benzene rings is 2. The van der Waals surface area contributed by atoms with Crippen molar-refractivity contribution in [3.63, 3.8) is 0 Å². The number of ether oxygens (including phenoxy) is 1. The summed E-state index contributed by atoms with van der Waals surface area (Å²) in [6.45, 7) is 8.71. The molecule has 0 aromatic heterocycles. The van der Waals surface area contributed by atoms with Crippen LogP contribution in [0.25, 0.3) is 0 Å². The predicted octanol–water partition coefficient (Wildman–Crippen LogP) is 4.95. The van der Waals surface area contributed by atoms with Crippen molar-refractivity contribution in [1.82, 2.24) is 5.32 Å². The van der Waals surface area contributed by atoms with Crippen molar-refractivity contribution >= 4 is 21.6 Å². The predicted molar refractivity (Wildman–Crippen MR) is 135 cm³/mol. The lowest BCUT2D eigenvalue weighted by molar-refractivity contribution is -0.128. The van der Waals surface area contributed by atoms with Gasteiger partial charge in [0.1, 0.15) is 5.75 Å². The quantitative estimate of drug-likeness (QED) is 0.652. The standard InChI is InChI=1S/C27H36N2O4S/c1-19-10-13-22(14-11-19)34(31,32)29-18-25(26(30)28-17-20-8-6-5-7-9-20)33-24-15-12-21(16-23(24)29)27(2,3)4/h10-16,20,25H,5-9,17-18H2,1-4H3,(H,28,30)/t25-/m1/s1. The Morgan fingerprint density at radius 1 is 1.06 bits per heavy atom. The van der Waals surface area contributed by atoms with Gasteiger partial charge in [0.05, 0.1) is 17.1 Å². The number of aryl methyl sites for hydroxylation is 1. The minimum absolute atomic E-state index is 0.0622. The summed E-state index contributed by atoms with van der Waals surface area (Å²) in [5.41, 5.74) is 2.29. The first-order valence-corrected chi connectivity index (χ1v) is 13.7. The van der Waals surface area contributed by atoms with Crippen LogP contribution in [0.5, 0.6) is 5.75 Å². The average molecular weight is 485 g/mol. The van der Waals surface area contributed by atoms with Crippen molar-refractivity contribution < 1.29 is 17.9 Å². The lowest BCUT2D eigenvalue weighted by atomic mass is 9.86. The SMILES string of the molecule is Cc1ccc(S(=O)(=O)N2C[C@H](C(=O)NCC3CCCCC3)Oc3ccc(C(C)(C)C)cc32)cc1. The Balaban J connectivity index is 1.65. The molecular formula is C27H36N2O4S. The van der Waals surface area contributed by atoms with Crippen molar-refractivity contribution in [3.05, 3.63) is 53.6 Å². The van der Waals surface area contributed by atoms with Gasteiger partial charge in [0.2, 0.25) is 0 Å². The van der Waals surface area contributed by atoms with E-state index in [1.165, 1.54) is 23.6 Å². The number of hydrogen-bond donors (Lipinski definition) is 1. The Labute approximate surface area is 203 Å². The maximum Gasteiger partial charge on any atom is 0.264 e. The first kappa shape index (κ1) is 24.6. The molecule has 0 bridgehead atoms. The van der Waals surface area contributed by atoms with Crippen LogP contribution >= 0.6 is 0 Å². The van der Waals surface area contributed by atoms with Crippen molar-refractivity contribution in [1.29, 1.82) is 0 Å². The van der Waals surface area contributed by atoms with Crippen molar-refractivity contribution in [2.45, 2.75) is 76.2 Å². The second kappa shape index (κ2) is 9.61. The second-order valence-corrected chi connectivity index (χ2v) is 12.5. The zero-order chi connectivity index (χ0) is 24.5. The van der Waals surface area contributed by atoms with Gasteiger partial charge in [0, 0.05) is 6.54 Å². The lowest BCUT2D eigenvalue weighted by Crippen LogP contribution is -2.51. The average Bonchev–Trinajstić information content (AvgIpc) is 2.81. The van der Waals surface area contributed by atoms with Crippen molar-refractivity contribution in [2.24, 2.45) is 5.92 Å². The Morgan fingerprint density at radius 2 is 1.74 bits per heavy atom. The normalized spacial score (nSPS) is 19.3. The van der Waals surface area contributed by atoms with E-state index in [-0.39, 0.29) is 22.8 Å². The van der Waals surface area contributed by atoms with Gasteiger partial charge in [-0.3, -0.25) is 9.10 Å². The molecule has 1 heterocycles. The molecule has 0 radical (unpaired) electrons. The van der Waals surface area contributed by atoms with E-state index in [2.05, 4.69) is 26.1 Å². The highest BCUT2D eigenvalue weighted by molar-refractivity contribution is 7.92. The highest BCUT2D eigenvalue weighted by atomic mass is 32.2. The molecule has 1 aliphatic heterocycles. The fraction of sp³-hybridized carbons (Fsp3) is 0.519. The molecule has 1 saturated carbocycles. The van der Waals surface area contributed by atoms with Gasteiger partial charge in [-0.15, -0.1) is 0 Å². The lowest BCUT2D eigenvalue weighted by Gasteiger charge is -2.36. The van der Waals surface area contributed by atoms with E-state index in [1.807, 2.05) is 19.1 Å². The van der Waals surface area contributed by atoms with Crippen LogP contribution in [0.3, 0.4) is 0 Å². The minimum Gasteiger partial charge on any atom is -0.476 e. The zero-order valence-electron chi connectivity index (χ0n) is 20.6. The summed E-state index contributed by atoms with van der Waals surface area (Å²) < 4.78 is 34.9. The monoisotopic (exact) mass is 484 g/mol. The summed E-state index contributed by atoms with van der Waals surface area (Å²) in [7, 11) is -3.88. The van der Waals surface area contributed by atoms with Crippen LogP contribution in [0.4, 0.5) is 5.69 Å². The molecule has 1 amide bonds. The fourth-order valence-electron chi connectivity index (χ4n) is 4.67. The Morgan fingerprint density at radius 3 is 2.38 bits per heavy atom. The number of nitrogens with zero attached hydrogens (tertiary/aromatic N) is 1. The van der Waals surface area contributed by atoms with Crippen molar-refractivity contribution in [3.8, 4) is 5.75 Å². The molecule has 0 spiro atoms. The number of nitrogens with one attached hydrogen (secondary N) is 1. The topological polar surface area (TPSA) is 75.7 Å². The summed E-state index contributed by atoms with van der Waals surface area (Å²) in [6, 6.07) is 12.4. The van der Waals surface area contributed by atoms with Crippen LogP contribution in [-0.2, 0) is 20.2 Å². The summed E-state index contributed by atoms with van der Waals surface area (Å²) in [5.74, 6) is 0.628. The van der Waals surface area contributed by atoms with Crippen LogP contribution in [-0.4, -0.2) is 33.5 Å². The maximum absolute atomic E-state index is 13.7. The second-order valence-electron chi connectivity index (χ2n) is 10.6. The van der Waals surface area contributed by atoms with E-state index in [0.717, 1.165) is 24.0 Å². The largest absolute Gasteiger partial charge is 0.476 e. The summed E-state index contributed by atoms with van der Waals surface area (Å²) in [4.78, 5) is 13.3. The summed E-state index contributed by atoms with van der Waals surface area (Å²) >= 11 is 0. The van der Waals surface area contributed by atoms with Gasteiger partial charge in [-0.05, 0) is 60.9 Å². The third-order valence-corrected chi connectivity index (χ3v) is 8.68. The number of sulfonamides is 1. The molecule has 6 nitrogen and oxygen atoms in total. The molecule has 1 atom stereocenters. The molecule has 1 fully saturated rings. The Bertz CT molecular complexity index is 1130. The first-order valence-electron chi connectivity index (χ1n) is 12.2. The van der Waals surface area contributed by atoms with E-state index < -0.39 is 16.1 Å².